The van der Waals surface area contributed by atoms with E-state index in [1.807, 2.05) is 42.2 Å². The van der Waals surface area contributed by atoms with Gasteiger partial charge in [-0.1, -0.05) is 6.07 Å². The van der Waals surface area contributed by atoms with Gasteiger partial charge in [-0.3, -0.25) is 14.6 Å². The first kappa shape index (κ1) is 21.5. The van der Waals surface area contributed by atoms with Gasteiger partial charge >= 0.3 is 0 Å². The van der Waals surface area contributed by atoms with Gasteiger partial charge in [0, 0.05) is 43.0 Å². The van der Waals surface area contributed by atoms with Crippen molar-refractivity contribution in [1.29, 1.82) is 0 Å². The number of hydrogen-bond acceptors (Lipinski definition) is 6. The second-order valence-electron chi connectivity index (χ2n) is 8.55. The molecule has 2 aliphatic heterocycles. The highest BCUT2D eigenvalue weighted by atomic mass is 16.5. The van der Waals surface area contributed by atoms with E-state index in [-0.39, 0.29) is 17.9 Å². The van der Waals surface area contributed by atoms with Crippen molar-refractivity contribution in [2.24, 2.45) is 0 Å². The lowest BCUT2D eigenvalue weighted by molar-refractivity contribution is 0.0301. The number of likely N-dealkylation sites (tertiary alicyclic amines) is 1. The summed E-state index contributed by atoms with van der Waals surface area (Å²) < 4.78 is 5.34. The fraction of sp³-hybridized carbons (Fsp3) is 0.400. The molecule has 0 aliphatic carbocycles. The van der Waals surface area contributed by atoms with Crippen LogP contribution in [0, 0.1) is 6.92 Å². The lowest BCUT2D eigenvalue weighted by Gasteiger charge is -2.35. The van der Waals surface area contributed by atoms with Crippen molar-refractivity contribution in [1.82, 2.24) is 24.8 Å². The van der Waals surface area contributed by atoms with Crippen LogP contribution in [0.5, 0.6) is 0 Å². The van der Waals surface area contributed by atoms with Crippen LogP contribution >= 0.6 is 0 Å². The maximum Gasteiger partial charge on any atom is 0.257 e. The van der Waals surface area contributed by atoms with E-state index < -0.39 is 0 Å². The van der Waals surface area contributed by atoms with E-state index in [9.17, 15) is 9.59 Å². The molecule has 0 N–H and O–H groups in total. The number of carbonyl (C=O) groups excluding carboxylic acids is 2. The second-order valence-corrected chi connectivity index (χ2v) is 8.55. The molecule has 0 radical (unpaired) electrons. The summed E-state index contributed by atoms with van der Waals surface area (Å²) in [4.78, 5) is 43.6. The molecule has 0 spiro atoms. The van der Waals surface area contributed by atoms with Crippen molar-refractivity contribution in [2.45, 2.75) is 32.2 Å². The topological polar surface area (TPSA) is 88.5 Å². The number of fused-ring (bicyclic) bond motifs is 1. The van der Waals surface area contributed by atoms with Crippen LogP contribution in [-0.4, -0.2) is 69.4 Å². The Labute approximate surface area is 192 Å². The SMILES string of the molecule is Cc1nc(C2CCCCN2C(=O)c2ccc3ncccc3c2)ncc1C(=O)N1CCOCC1. The average molecular weight is 446 g/mol. The molecule has 2 aliphatic rings. The molecule has 1 aromatic carbocycles. The van der Waals surface area contributed by atoms with Crippen LogP contribution in [-0.2, 0) is 4.74 Å². The van der Waals surface area contributed by atoms with Crippen LogP contribution in [0.2, 0.25) is 0 Å². The fourth-order valence-corrected chi connectivity index (χ4v) is 4.61. The maximum absolute atomic E-state index is 13.5. The van der Waals surface area contributed by atoms with E-state index in [0.29, 0.717) is 55.5 Å². The summed E-state index contributed by atoms with van der Waals surface area (Å²) in [7, 11) is 0. The zero-order valence-corrected chi connectivity index (χ0v) is 18.7. The molecule has 33 heavy (non-hydrogen) atoms. The van der Waals surface area contributed by atoms with E-state index in [2.05, 4.69) is 9.97 Å². The van der Waals surface area contributed by atoms with E-state index in [0.717, 1.165) is 30.2 Å². The lowest BCUT2D eigenvalue weighted by Crippen LogP contribution is -2.41. The first-order chi connectivity index (χ1) is 16.1. The summed E-state index contributed by atoms with van der Waals surface area (Å²) in [5.41, 5.74) is 2.66. The van der Waals surface area contributed by atoms with E-state index >= 15 is 0 Å². The molecular formula is C25H27N5O3. The van der Waals surface area contributed by atoms with Crippen LogP contribution < -0.4 is 0 Å². The summed E-state index contributed by atoms with van der Waals surface area (Å²) in [6.07, 6.45) is 6.13. The number of piperidine rings is 1. The third kappa shape index (κ3) is 4.30. The van der Waals surface area contributed by atoms with E-state index in [1.54, 1.807) is 17.3 Å². The van der Waals surface area contributed by atoms with Gasteiger partial charge in [-0.2, -0.15) is 0 Å². The van der Waals surface area contributed by atoms with Gasteiger partial charge in [0.1, 0.15) is 0 Å². The number of pyridine rings is 1. The summed E-state index contributed by atoms with van der Waals surface area (Å²) in [6, 6.07) is 9.24. The minimum Gasteiger partial charge on any atom is -0.378 e. The smallest absolute Gasteiger partial charge is 0.257 e. The van der Waals surface area contributed by atoms with Crippen LogP contribution in [0.25, 0.3) is 10.9 Å². The molecule has 5 rings (SSSR count). The zero-order valence-electron chi connectivity index (χ0n) is 18.7. The summed E-state index contributed by atoms with van der Waals surface area (Å²) in [5, 5.41) is 0.940. The highest BCUT2D eigenvalue weighted by Crippen LogP contribution is 2.31. The van der Waals surface area contributed by atoms with Gasteiger partial charge in [0.05, 0.1) is 36.0 Å². The number of morpholine rings is 1. The lowest BCUT2D eigenvalue weighted by atomic mass is 9.99. The number of benzene rings is 1. The third-order valence-corrected chi connectivity index (χ3v) is 6.44. The minimum atomic E-state index is -0.206. The van der Waals surface area contributed by atoms with Gasteiger partial charge in [-0.05, 0) is 50.5 Å². The normalized spacial score (nSPS) is 19.0. The number of carbonyl (C=O) groups is 2. The monoisotopic (exact) mass is 445 g/mol. The molecule has 170 valence electrons. The van der Waals surface area contributed by atoms with Crippen molar-refractivity contribution in [2.75, 3.05) is 32.8 Å². The van der Waals surface area contributed by atoms with Gasteiger partial charge in [-0.25, -0.2) is 9.97 Å². The molecule has 0 saturated carbocycles. The number of aromatic nitrogens is 3. The van der Waals surface area contributed by atoms with Crippen LogP contribution in [0.3, 0.4) is 0 Å². The van der Waals surface area contributed by atoms with Crippen molar-refractivity contribution >= 4 is 22.7 Å². The van der Waals surface area contributed by atoms with Crippen molar-refractivity contribution in [3.8, 4) is 0 Å². The Morgan fingerprint density at radius 2 is 1.88 bits per heavy atom. The Kier molecular flexibility index (Phi) is 6.00. The Bertz CT molecular complexity index is 1190. The molecule has 2 fully saturated rings. The number of rotatable bonds is 3. The molecule has 8 heteroatoms. The molecule has 2 aromatic heterocycles. The standard InChI is InChI=1S/C25H27N5O3/c1-17-20(25(32)29-11-13-33-14-12-29)16-27-23(28-17)22-6-2-3-10-30(22)24(31)19-7-8-21-18(15-19)5-4-9-26-21/h4-5,7-9,15-16,22H,2-3,6,10-14H2,1H3. The third-order valence-electron chi connectivity index (χ3n) is 6.44. The fourth-order valence-electron chi connectivity index (χ4n) is 4.61. The molecule has 2 saturated heterocycles. The quantitative estimate of drug-likeness (QED) is 0.615. The Hall–Kier alpha value is -3.39. The van der Waals surface area contributed by atoms with Crippen molar-refractivity contribution < 1.29 is 14.3 Å². The molecule has 2 amide bonds. The Balaban J connectivity index is 1.40. The van der Waals surface area contributed by atoms with Crippen LogP contribution in [0.1, 0.15) is 57.5 Å². The summed E-state index contributed by atoms with van der Waals surface area (Å²) in [5.74, 6) is 0.505. The summed E-state index contributed by atoms with van der Waals surface area (Å²) >= 11 is 0. The molecule has 8 nitrogen and oxygen atoms in total. The van der Waals surface area contributed by atoms with Crippen molar-refractivity contribution in [3.63, 3.8) is 0 Å². The number of aryl methyl sites for hydroxylation is 1. The Morgan fingerprint density at radius 1 is 1.03 bits per heavy atom. The molecule has 3 aromatic rings. The van der Waals surface area contributed by atoms with Gasteiger partial charge in [0.15, 0.2) is 5.82 Å². The first-order valence-electron chi connectivity index (χ1n) is 11.5. The van der Waals surface area contributed by atoms with Gasteiger partial charge in [0.2, 0.25) is 0 Å². The number of amides is 2. The summed E-state index contributed by atoms with van der Waals surface area (Å²) in [6.45, 7) is 4.75. The first-order valence-corrected chi connectivity index (χ1v) is 11.5. The zero-order chi connectivity index (χ0) is 22.8. The molecule has 1 unspecified atom stereocenters. The second kappa shape index (κ2) is 9.23. The number of hydrogen-bond donors (Lipinski definition) is 0. The maximum atomic E-state index is 13.5. The van der Waals surface area contributed by atoms with E-state index in [1.165, 1.54) is 0 Å². The predicted octanol–water partition coefficient (Wildman–Crippen LogP) is 3.17. The van der Waals surface area contributed by atoms with Crippen LogP contribution in [0.4, 0.5) is 0 Å². The average Bonchev–Trinajstić information content (AvgIpc) is 2.88. The van der Waals surface area contributed by atoms with Crippen molar-refractivity contribution in [3.05, 3.63) is 65.4 Å². The Morgan fingerprint density at radius 3 is 2.70 bits per heavy atom. The van der Waals surface area contributed by atoms with E-state index in [4.69, 9.17) is 9.72 Å². The largest absolute Gasteiger partial charge is 0.378 e. The number of ether oxygens (including phenoxy) is 1. The molecular weight excluding hydrogens is 418 g/mol. The molecule has 0 bridgehead atoms. The molecule has 1 atom stereocenters. The minimum absolute atomic E-state index is 0.0276. The predicted molar refractivity (Wildman–Crippen MR) is 123 cm³/mol. The van der Waals surface area contributed by atoms with Crippen LogP contribution in [0.15, 0.2) is 42.7 Å². The van der Waals surface area contributed by atoms with Gasteiger partial charge < -0.3 is 14.5 Å². The highest BCUT2D eigenvalue weighted by molar-refractivity contribution is 5.98. The highest BCUT2D eigenvalue weighted by Gasteiger charge is 2.31. The van der Waals surface area contributed by atoms with Gasteiger partial charge in [-0.15, -0.1) is 0 Å². The molecule has 4 heterocycles. The number of nitrogens with zero attached hydrogens (tertiary/aromatic N) is 5. The van der Waals surface area contributed by atoms with Gasteiger partial charge in [0.25, 0.3) is 11.8 Å².